The number of phenols is 1. The van der Waals surface area contributed by atoms with E-state index in [1.165, 1.54) is 32.1 Å². The molecule has 4 nitrogen and oxygen atoms in total. The van der Waals surface area contributed by atoms with Gasteiger partial charge in [-0.05, 0) is 46.6 Å². The lowest BCUT2D eigenvalue weighted by Crippen LogP contribution is -1.98. The zero-order valence-corrected chi connectivity index (χ0v) is 18.4. The quantitative estimate of drug-likeness (QED) is 0.268. The van der Waals surface area contributed by atoms with Gasteiger partial charge in [-0.2, -0.15) is 0 Å². The van der Waals surface area contributed by atoms with Gasteiger partial charge in [-0.3, -0.25) is 0 Å². The molecule has 0 radical (unpaired) electrons. The van der Waals surface area contributed by atoms with Crippen molar-refractivity contribution in [1.29, 1.82) is 0 Å². The number of aliphatic imine (C=N–C) groups is 1. The first-order chi connectivity index (χ1) is 13.6. The molecular weight excluding hydrogens is 438 g/mol. The Labute approximate surface area is 179 Å². The molecule has 0 aliphatic heterocycles. The minimum Gasteiger partial charge on any atom is -0.506 e. The van der Waals surface area contributed by atoms with Crippen LogP contribution < -0.4 is 0 Å². The Hall–Kier alpha value is -1.85. The summed E-state index contributed by atoms with van der Waals surface area (Å²) in [7, 11) is 0. The molecule has 2 aromatic carbocycles. The van der Waals surface area contributed by atoms with Crippen molar-refractivity contribution in [1.82, 2.24) is 9.55 Å². The molecule has 0 unspecified atom stereocenters. The van der Waals surface area contributed by atoms with E-state index in [4.69, 9.17) is 11.6 Å². The molecule has 0 atom stereocenters. The van der Waals surface area contributed by atoms with Crippen LogP contribution in [0.2, 0.25) is 5.02 Å². The highest BCUT2D eigenvalue weighted by Gasteiger charge is 2.10. The smallest absolute Gasteiger partial charge is 0.230 e. The van der Waals surface area contributed by atoms with E-state index in [0.29, 0.717) is 21.0 Å². The fourth-order valence-electron chi connectivity index (χ4n) is 3.24. The van der Waals surface area contributed by atoms with Crippen LogP contribution in [0.5, 0.6) is 5.75 Å². The minimum absolute atomic E-state index is 0.117. The van der Waals surface area contributed by atoms with Crippen molar-refractivity contribution >= 4 is 50.7 Å². The minimum atomic E-state index is 0.117. The largest absolute Gasteiger partial charge is 0.506 e. The first-order valence-electron chi connectivity index (χ1n) is 9.77. The number of aromatic hydroxyl groups is 1. The molecule has 0 bridgehead atoms. The molecule has 0 amide bonds. The molecule has 28 heavy (non-hydrogen) atoms. The first kappa shape index (κ1) is 20.9. The van der Waals surface area contributed by atoms with Crippen LogP contribution in [0, 0.1) is 0 Å². The number of unbranched alkanes of at least 4 members (excludes halogenated alkanes) is 5. The Balaban J connectivity index is 1.82. The maximum atomic E-state index is 10.2. The molecular formula is C22H25BrClN3O. The van der Waals surface area contributed by atoms with Crippen molar-refractivity contribution in [2.75, 3.05) is 0 Å². The van der Waals surface area contributed by atoms with E-state index < -0.39 is 0 Å². The van der Waals surface area contributed by atoms with Crippen molar-refractivity contribution in [3.05, 3.63) is 51.5 Å². The molecule has 1 N–H and O–H groups in total. The number of nitrogens with zero attached hydrogens (tertiary/aromatic N) is 3. The van der Waals surface area contributed by atoms with E-state index in [2.05, 4.69) is 43.5 Å². The Bertz CT molecular complexity index is 968. The van der Waals surface area contributed by atoms with Gasteiger partial charge in [-0.25, -0.2) is 9.98 Å². The molecule has 6 heteroatoms. The highest BCUT2D eigenvalue weighted by atomic mass is 79.9. The number of benzene rings is 2. The fourth-order valence-corrected chi connectivity index (χ4v) is 4.08. The molecule has 0 spiro atoms. The molecule has 3 rings (SSSR count). The predicted molar refractivity (Wildman–Crippen MR) is 121 cm³/mol. The second kappa shape index (κ2) is 10.1. The number of hydrogen-bond acceptors (Lipinski definition) is 3. The van der Waals surface area contributed by atoms with Gasteiger partial charge in [0.1, 0.15) is 5.75 Å². The van der Waals surface area contributed by atoms with E-state index in [0.717, 1.165) is 24.0 Å². The van der Waals surface area contributed by atoms with Crippen LogP contribution in [-0.2, 0) is 6.54 Å². The van der Waals surface area contributed by atoms with E-state index in [1.807, 2.05) is 18.2 Å². The Morgan fingerprint density at radius 1 is 1.14 bits per heavy atom. The third-order valence-electron chi connectivity index (χ3n) is 4.75. The van der Waals surface area contributed by atoms with E-state index in [9.17, 15) is 5.11 Å². The third-order valence-corrected chi connectivity index (χ3v) is 5.57. The summed E-state index contributed by atoms with van der Waals surface area (Å²) in [6.07, 6.45) is 9.06. The predicted octanol–water partition coefficient (Wildman–Crippen LogP) is 7.27. The molecule has 0 saturated heterocycles. The summed E-state index contributed by atoms with van der Waals surface area (Å²) in [5.41, 5.74) is 2.56. The molecule has 1 aromatic heterocycles. The van der Waals surface area contributed by atoms with Gasteiger partial charge in [0.15, 0.2) is 0 Å². The number of hydrogen-bond donors (Lipinski definition) is 1. The van der Waals surface area contributed by atoms with Crippen LogP contribution in [-0.4, -0.2) is 20.9 Å². The number of halogens is 2. The standard InChI is InChI=1S/C22H25BrClN3O/c1-2-3-4-5-6-9-12-27-20-11-8-7-10-19(20)26-22(27)25-15-16-13-17(24)14-18(23)21(16)28/h7-8,10-11,13-15,28H,2-6,9,12H2,1H3/b25-15+. The summed E-state index contributed by atoms with van der Waals surface area (Å²) in [6, 6.07) is 11.4. The number of rotatable bonds is 9. The number of aromatic nitrogens is 2. The molecule has 0 saturated carbocycles. The van der Waals surface area contributed by atoms with Gasteiger partial charge < -0.3 is 9.67 Å². The normalized spacial score (nSPS) is 11.7. The van der Waals surface area contributed by atoms with Gasteiger partial charge in [0.2, 0.25) is 5.95 Å². The van der Waals surface area contributed by atoms with Crippen molar-refractivity contribution in [3.8, 4) is 5.75 Å². The maximum absolute atomic E-state index is 10.2. The van der Waals surface area contributed by atoms with Crippen LogP contribution in [0.4, 0.5) is 5.95 Å². The molecule has 0 fully saturated rings. The van der Waals surface area contributed by atoms with Crippen LogP contribution >= 0.6 is 27.5 Å². The number of aryl methyl sites for hydroxylation is 1. The molecule has 0 aliphatic carbocycles. The summed E-state index contributed by atoms with van der Waals surface area (Å²) in [6.45, 7) is 3.11. The third kappa shape index (κ3) is 5.15. The van der Waals surface area contributed by atoms with Crippen molar-refractivity contribution < 1.29 is 5.11 Å². The first-order valence-corrected chi connectivity index (χ1v) is 10.9. The number of imidazole rings is 1. The van der Waals surface area contributed by atoms with Crippen molar-refractivity contribution in [2.45, 2.75) is 52.0 Å². The van der Waals surface area contributed by atoms with Crippen LogP contribution in [0.3, 0.4) is 0 Å². The molecule has 148 valence electrons. The van der Waals surface area contributed by atoms with E-state index in [-0.39, 0.29) is 5.75 Å². The zero-order chi connectivity index (χ0) is 19.9. The van der Waals surface area contributed by atoms with Gasteiger partial charge in [0.25, 0.3) is 0 Å². The number of para-hydroxylation sites is 2. The van der Waals surface area contributed by atoms with Gasteiger partial charge in [-0.15, -0.1) is 0 Å². The second-order valence-corrected chi connectivity index (χ2v) is 8.19. The zero-order valence-electron chi connectivity index (χ0n) is 16.0. The average Bonchev–Trinajstić information content (AvgIpc) is 3.04. The average molecular weight is 463 g/mol. The van der Waals surface area contributed by atoms with Gasteiger partial charge in [0, 0.05) is 23.3 Å². The second-order valence-electron chi connectivity index (χ2n) is 6.90. The Kier molecular flexibility index (Phi) is 7.51. The topological polar surface area (TPSA) is 50.4 Å². The molecule has 0 aliphatic rings. The Morgan fingerprint density at radius 3 is 2.71 bits per heavy atom. The van der Waals surface area contributed by atoms with E-state index >= 15 is 0 Å². The lowest BCUT2D eigenvalue weighted by atomic mass is 10.1. The molecule has 3 aromatic rings. The Morgan fingerprint density at radius 2 is 1.89 bits per heavy atom. The maximum Gasteiger partial charge on any atom is 0.230 e. The lowest BCUT2D eigenvalue weighted by molar-refractivity contribution is 0.471. The fraction of sp³-hybridized carbons (Fsp3) is 0.364. The van der Waals surface area contributed by atoms with Gasteiger partial charge in [-0.1, -0.05) is 62.8 Å². The summed E-state index contributed by atoms with van der Waals surface area (Å²) in [5, 5.41) is 10.8. The summed E-state index contributed by atoms with van der Waals surface area (Å²) < 4.78 is 2.70. The van der Waals surface area contributed by atoms with Gasteiger partial charge >= 0.3 is 0 Å². The SMILES string of the molecule is CCCCCCCCn1c(/N=C/c2cc(Cl)cc(Br)c2O)nc2ccccc21. The van der Waals surface area contributed by atoms with Crippen LogP contribution in [0.25, 0.3) is 11.0 Å². The summed E-state index contributed by atoms with van der Waals surface area (Å²) in [5.74, 6) is 0.761. The molecule has 1 heterocycles. The van der Waals surface area contributed by atoms with Crippen molar-refractivity contribution in [3.63, 3.8) is 0 Å². The number of fused-ring (bicyclic) bond motifs is 1. The van der Waals surface area contributed by atoms with E-state index in [1.54, 1.807) is 18.3 Å². The van der Waals surface area contributed by atoms with Gasteiger partial charge in [0.05, 0.1) is 15.5 Å². The summed E-state index contributed by atoms with van der Waals surface area (Å²) >= 11 is 9.41. The highest BCUT2D eigenvalue weighted by molar-refractivity contribution is 9.10. The van der Waals surface area contributed by atoms with Crippen LogP contribution in [0.15, 0.2) is 45.9 Å². The highest BCUT2D eigenvalue weighted by Crippen LogP contribution is 2.31. The lowest BCUT2D eigenvalue weighted by Gasteiger charge is -2.07. The van der Waals surface area contributed by atoms with Crippen molar-refractivity contribution in [2.24, 2.45) is 4.99 Å². The summed E-state index contributed by atoms with van der Waals surface area (Å²) in [4.78, 5) is 9.24. The number of phenolic OH excluding ortho intramolecular Hbond substituents is 1. The monoisotopic (exact) mass is 461 g/mol. The van der Waals surface area contributed by atoms with Crippen LogP contribution in [0.1, 0.15) is 51.0 Å².